The Kier molecular flexibility index (Phi) is 9.37. The molecule has 0 aliphatic heterocycles. The quantitative estimate of drug-likeness (QED) is 0.415. The first-order valence-corrected chi connectivity index (χ1v) is 12.4. The van der Waals surface area contributed by atoms with Crippen molar-refractivity contribution in [1.29, 1.82) is 0 Å². The fourth-order valence-electron chi connectivity index (χ4n) is 4.02. The molecule has 3 aromatic carbocycles. The number of hydrogen-bond acceptors (Lipinski definition) is 5. The van der Waals surface area contributed by atoms with Crippen molar-refractivity contribution in [3.63, 3.8) is 0 Å². The van der Waals surface area contributed by atoms with Crippen molar-refractivity contribution in [2.24, 2.45) is 0 Å². The topological polar surface area (TPSA) is 42.1 Å². The van der Waals surface area contributed by atoms with E-state index in [0.29, 0.717) is 18.7 Å². The molecule has 0 radical (unpaired) electrons. The number of aryl methyl sites for hydroxylation is 1. The largest absolute Gasteiger partial charge is 0.380 e. The summed E-state index contributed by atoms with van der Waals surface area (Å²) >= 11 is 0. The lowest BCUT2D eigenvalue weighted by Gasteiger charge is -2.24. The predicted octanol–water partition coefficient (Wildman–Crippen LogP) is 4.94. The standard InChI is InChI=1S/C30H41N5O/c1-23-8-17-29(31-21-24-9-13-26(14-10-24)32(2)3)28(20-23)30(36)35(7)19-18-34(6)22-25-11-15-27(16-12-25)33(4)5/h8-17,20,31H,18-19,21-22H2,1-7H3. The zero-order chi connectivity index (χ0) is 26.2. The van der Waals surface area contributed by atoms with Gasteiger partial charge in [-0.2, -0.15) is 0 Å². The molecule has 3 aromatic rings. The van der Waals surface area contributed by atoms with Crippen molar-refractivity contribution in [3.05, 3.63) is 89.0 Å². The van der Waals surface area contributed by atoms with Crippen molar-refractivity contribution in [2.75, 3.05) is 70.5 Å². The van der Waals surface area contributed by atoms with E-state index in [-0.39, 0.29) is 5.91 Å². The van der Waals surface area contributed by atoms with Gasteiger partial charge in [0.1, 0.15) is 0 Å². The summed E-state index contributed by atoms with van der Waals surface area (Å²) in [6, 6.07) is 23.1. The number of nitrogens with zero attached hydrogens (tertiary/aromatic N) is 4. The number of amides is 1. The molecule has 0 aliphatic rings. The predicted molar refractivity (Wildman–Crippen MR) is 153 cm³/mol. The highest BCUT2D eigenvalue weighted by atomic mass is 16.2. The molecule has 0 unspecified atom stereocenters. The summed E-state index contributed by atoms with van der Waals surface area (Å²) in [6.07, 6.45) is 0. The molecule has 0 bridgehead atoms. The highest BCUT2D eigenvalue weighted by Gasteiger charge is 2.17. The molecule has 0 fully saturated rings. The van der Waals surface area contributed by atoms with E-state index >= 15 is 0 Å². The molecule has 0 spiro atoms. The van der Waals surface area contributed by atoms with Gasteiger partial charge in [0.25, 0.3) is 5.91 Å². The summed E-state index contributed by atoms with van der Waals surface area (Å²) in [5, 5.41) is 3.48. The normalized spacial score (nSPS) is 10.9. The van der Waals surface area contributed by atoms with Gasteiger partial charge in [-0.1, -0.05) is 35.9 Å². The Morgan fingerprint density at radius 3 is 1.83 bits per heavy atom. The van der Waals surface area contributed by atoms with E-state index in [4.69, 9.17) is 0 Å². The van der Waals surface area contributed by atoms with Gasteiger partial charge in [-0.05, 0) is 61.5 Å². The maximum Gasteiger partial charge on any atom is 0.255 e. The zero-order valence-electron chi connectivity index (χ0n) is 22.9. The van der Waals surface area contributed by atoms with Crippen LogP contribution in [0.15, 0.2) is 66.7 Å². The summed E-state index contributed by atoms with van der Waals surface area (Å²) < 4.78 is 0. The minimum Gasteiger partial charge on any atom is -0.380 e. The zero-order valence-corrected chi connectivity index (χ0v) is 22.9. The van der Waals surface area contributed by atoms with Gasteiger partial charge in [0.05, 0.1) is 5.56 Å². The van der Waals surface area contributed by atoms with Gasteiger partial charge in [-0.3, -0.25) is 4.79 Å². The van der Waals surface area contributed by atoms with Crippen LogP contribution in [0.5, 0.6) is 0 Å². The number of anilines is 3. The summed E-state index contributed by atoms with van der Waals surface area (Å²) in [6.45, 7) is 4.99. The Morgan fingerprint density at radius 1 is 0.722 bits per heavy atom. The summed E-state index contributed by atoms with van der Waals surface area (Å²) in [5.74, 6) is 0.0351. The molecule has 1 amide bonds. The Hall–Kier alpha value is -3.51. The first-order chi connectivity index (χ1) is 17.1. The van der Waals surface area contributed by atoms with Crippen molar-refractivity contribution in [1.82, 2.24) is 9.80 Å². The fraction of sp³-hybridized carbons (Fsp3) is 0.367. The summed E-state index contributed by atoms with van der Waals surface area (Å²) in [7, 11) is 12.1. The Bertz CT molecular complexity index is 1120. The van der Waals surface area contributed by atoms with Gasteiger partial charge in [0, 0.05) is 78.5 Å². The van der Waals surface area contributed by atoms with Gasteiger partial charge in [-0.25, -0.2) is 0 Å². The van der Waals surface area contributed by atoms with Crippen LogP contribution in [0.2, 0.25) is 0 Å². The van der Waals surface area contributed by atoms with Crippen LogP contribution in [0.4, 0.5) is 17.1 Å². The number of rotatable bonds is 11. The molecule has 6 heteroatoms. The smallest absolute Gasteiger partial charge is 0.255 e. The van der Waals surface area contributed by atoms with Gasteiger partial charge >= 0.3 is 0 Å². The highest BCUT2D eigenvalue weighted by molar-refractivity contribution is 5.99. The van der Waals surface area contributed by atoms with E-state index in [9.17, 15) is 4.79 Å². The Morgan fingerprint density at radius 2 is 1.28 bits per heavy atom. The van der Waals surface area contributed by atoms with E-state index in [1.165, 1.54) is 22.5 Å². The number of nitrogens with one attached hydrogen (secondary N) is 1. The molecule has 0 heterocycles. The van der Waals surface area contributed by atoms with Gasteiger partial charge < -0.3 is 24.9 Å². The van der Waals surface area contributed by atoms with E-state index < -0.39 is 0 Å². The monoisotopic (exact) mass is 487 g/mol. The van der Waals surface area contributed by atoms with Crippen molar-refractivity contribution >= 4 is 23.0 Å². The van der Waals surface area contributed by atoms with Crippen LogP contribution >= 0.6 is 0 Å². The van der Waals surface area contributed by atoms with Crippen LogP contribution in [0.3, 0.4) is 0 Å². The average molecular weight is 488 g/mol. The molecule has 0 aromatic heterocycles. The first-order valence-electron chi connectivity index (χ1n) is 12.4. The summed E-state index contributed by atoms with van der Waals surface area (Å²) in [4.78, 5) is 21.6. The number of hydrogen-bond donors (Lipinski definition) is 1. The van der Waals surface area contributed by atoms with E-state index in [1.807, 2.05) is 65.3 Å². The van der Waals surface area contributed by atoms with Crippen LogP contribution in [0, 0.1) is 6.92 Å². The molecule has 3 rings (SSSR count). The maximum atomic E-state index is 13.4. The highest BCUT2D eigenvalue weighted by Crippen LogP contribution is 2.21. The number of carbonyl (C=O) groups excluding carboxylic acids is 1. The van der Waals surface area contributed by atoms with Crippen LogP contribution in [-0.4, -0.2) is 71.1 Å². The third-order valence-corrected chi connectivity index (χ3v) is 6.41. The molecule has 1 N–H and O–H groups in total. The molecule has 6 nitrogen and oxygen atoms in total. The van der Waals surface area contributed by atoms with E-state index in [0.717, 1.165) is 24.3 Å². The second-order valence-corrected chi connectivity index (χ2v) is 9.99. The SMILES string of the molecule is Cc1ccc(NCc2ccc(N(C)C)cc2)c(C(=O)N(C)CCN(C)Cc2ccc(N(C)C)cc2)c1. The van der Waals surface area contributed by atoms with Crippen LogP contribution in [0.25, 0.3) is 0 Å². The molecule has 0 atom stereocenters. The van der Waals surface area contributed by atoms with Crippen molar-refractivity contribution in [3.8, 4) is 0 Å². The fourth-order valence-corrected chi connectivity index (χ4v) is 4.02. The Balaban J connectivity index is 1.58. The molecule has 0 aliphatic carbocycles. The van der Waals surface area contributed by atoms with Gasteiger partial charge in [0.2, 0.25) is 0 Å². The van der Waals surface area contributed by atoms with Crippen molar-refractivity contribution in [2.45, 2.75) is 20.0 Å². The first kappa shape index (κ1) is 27.1. The number of benzene rings is 3. The molecular formula is C30H41N5O. The lowest BCUT2D eigenvalue weighted by atomic mass is 10.1. The molecule has 0 saturated heterocycles. The van der Waals surface area contributed by atoms with E-state index in [1.54, 1.807) is 0 Å². The third kappa shape index (κ3) is 7.49. The van der Waals surface area contributed by atoms with Crippen molar-refractivity contribution < 1.29 is 4.79 Å². The summed E-state index contributed by atoms with van der Waals surface area (Å²) in [5.41, 5.74) is 7.45. The van der Waals surface area contributed by atoms with Crippen LogP contribution < -0.4 is 15.1 Å². The number of likely N-dealkylation sites (N-methyl/N-ethyl adjacent to an activating group) is 2. The minimum absolute atomic E-state index is 0.0351. The van der Waals surface area contributed by atoms with Crippen LogP contribution in [0.1, 0.15) is 27.0 Å². The van der Waals surface area contributed by atoms with Gasteiger partial charge in [-0.15, -0.1) is 0 Å². The van der Waals surface area contributed by atoms with Crippen LogP contribution in [-0.2, 0) is 13.1 Å². The molecule has 192 valence electrons. The minimum atomic E-state index is 0.0351. The number of carbonyl (C=O) groups is 1. The maximum absolute atomic E-state index is 13.4. The molecule has 36 heavy (non-hydrogen) atoms. The van der Waals surface area contributed by atoms with Gasteiger partial charge in [0.15, 0.2) is 0 Å². The second kappa shape index (κ2) is 12.5. The van der Waals surface area contributed by atoms with E-state index in [2.05, 4.69) is 75.6 Å². The second-order valence-electron chi connectivity index (χ2n) is 9.99. The molecular weight excluding hydrogens is 446 g/mol. The lowest BCUT2D eigenvalue weighted by molar-refractivity contribution is 0.0782. The molecule has 0 saturated carbocycles. The third-order valence-electron chi connectivity index (χ3n) is 6.41. The lowest BCUT2D eigenvalue weighted by Crippen LogP contribution is -2.35. The average Bonchev–Trinajstić information content (AvgIpc) is 2.86. The Labute approximate surface area is 217 Å².